The lowest BCUT2D eigenvalue weighted by molar-refractivity contribution is 0.459. The van der Waals surface area contributed by atoms with Crippen LogP contribution in [0, 0.1) is 13.8 Å². The number of benzene rings is 9. The minimum absolute atomic E-state index is 0.150. The van der Waals surface area contributed by atoms with Gasteiger partial charge in [0.05, 0.1) is 11.4 Å². The fourth-order valence-electron chi connectivity index (χ4n) is 9.40. The Morgan fingerprint density at radius 2 is 0.721 bits per heavy atom. The van der Waals surface area contributed by atoms with Crippen LogP contribution in [0.1, 0.15) is 37.5 Å². The van der Waals surface area contributed by atoms with Crippen molar-refractivity contribution in [1.82, 2.24) is 0 Å². The summed E-state index contributed by atoms with van der Waals surface area (Å²) >= 11 is 0. The molecule has 61 heavy (non-hydrogen) atoms. The van der Waals surface area contributed by atoms with E-state index >= 15 is 0 Å². The van der Waals surface area contributed by atoms with Gasteiger partial charge in [-0.15, -0.1) is 0 Å². The van der Waals surface area contributed by atoms with Crippen LogP contribution in [-0.4, -0.2) is 6.71 Å². The van der Waals surface area contributed by atoms with Gasteiger partial charge >= 0.3 is 0 Å². The monoisotopic (exact) mass is 788 g/mol. The van der Waals surface area contributed by atoms with Gasteiger partial charge in [0.2, 0.25) is 0 Å². The van der Waals surface area contributed by atoms with Crippen LogP contribution in [0.15, 0.2) is 182 Å². The van der Waals surface area contributed by atoms with Gasteiger partial charge in [-0.3, -0.25) is 0 Å². The average molecular weight is 789 g/mol. The van der Waals surface area contributed by atoms with Crippen molar-refractivity contribution in [2.24, 2.45) is 0 Å². The zero-order valence-electron chi connectivity index (χ0n) is 35.1. The average Bonchev–Trinajstić information content (AvgIpc) is 3.28. The third-order valence-electron chi connectivity index (χ3n) is 12.4. The predicted octanol–water partition coefficient (Wildman–Crippen LogP) is 13.6. The maximum atomic E-state index is 7.25. The van der Waals surface area contributed by atoms with Crippen LogP contribution in [0.5, 0.6) is 23.0 Å². The minimum Gasteiger partial charge on any atom is -0.458 e. The topological polar surface area (TPSA) is 24.9 Å². The Bertz CT molecular complexity index is 2940. The van der Waals surface area contributed by atoms with Crippen molar-refractivity contribution in [3.05, 3.63) is 199 Å². The highest BCUT2D eigenvalue weighted by Crippen LogP contribution is 2.47. The molecule has 0 saturated heterocycles. The van der Waals surface area contributed by atoms with Crippen LogP contribution in [0.3, 0.4) is 0 Å². The number of ether oxygens (including phenoxy) is 2. The SMILES string of the molecule is Cc1ccc(N(c2ccccc2)c2cc3c(c4ccccc24)B2c4c(cc(C(C)(C)C)cc4Oc4cc(N(c5ccccc5)c5ccc(C)cc5)c5ccccc5c42)O3)cc1. The largest absolute Gasteiger partial charge is 0.458 e. The normalized spacial score (nSPS) is 12.6. The van der Waals surface area contributed by atoms with E-state index in [0.29, 0.717) is 0 Å². The summed E-state index contributed by atoms with van der Waals surface area (Å²) < 4.78 is 14.5. The number of anilines is 6. The highest BCUT2D eigenvalue weighted by molar-refractivity contribution is 7.01. The summed E-state index contributed by atoms with van der Waals surface area (Å²) in [6.07, 6.45) is 0. The molecule has 2 aliphatic heterocycles. The summed E-state index contributed by atoms with van der Waals surface area (Å²) in [6.45, 7) is 10.9. The quantitative estimate of drug-likeness (QED) is 0.157. The van der Waals surface area contributed by atoms with Crippen molar-refractivity contribution in [2.45, 2.75) is 40.0 Å². The second-order valence-electron chi connectivity index (χ2n) is 17.5. The summed E-state index contributed by atoms with van der Waals surface area (Å²) in [4.78, 5) is 4.72. The Kier molecular flexibility index (Phi) is 8.57. The second-order valence-corrected chi connectivity index (χ2v) is 17.5. The van der Waals surface area contributed by atoms with E-state index in [4.69, 9.17) is 9.47 Å². The number of aryl methyl sites for hydroxylation is 2. The molecule has 11 rings (SSSR count). The van der Waals surface area contributed by atoms with Gasteiger partial charge in [-0.1, -0.05) is 141 Å². The van der Waals surface area contributed by atoms with E-state index in [1.165, 1.54) is 11.1 Å². The maximum absolute atomic E-state index is 7.25. The Balaban J connectivity index is 1.21. The van der Waals surface area contributed by atoms with Gasteiger partial charge in [-0.25, -0.2) is 0 Å². The summed E-state index contributed by atoms with van der Waals surface area (Å²) in [5.74, 6) is 3.38. The molecule has 4 nitrogen and oxygen atoms in total. The number of para-hydroxylation sites is 2. The number of rotatable bonds is 6. The van der Waals surface area contributed by atoms with Crippen molar-refractivity contribution in [3.8, 4) is 23.0 Å². The Morgan fingerprint density at radius 3 is 1.11 bits per heavy atom. The molecule has 2 heterocycles. The van der Waals surface area contributed by atoms with Crippen molar-refractivity contribution in [1.29, 1.82) is 0 Å². The standard InChI is InChI=1S/C56H45BN2O2/c1-36-24-28-41(29-25-36)58(39-16-8-6-9-17-39)47-34-51-53(45-22-14-12-20-43(45)47)57-54-46-23-15-13-21-44(46)48(59(40-18-10-7-11-19-40)42-30-26-37(2)27-31-42)35-52(54)61-50-33-38(56(3,4)5)32-49(60-51)55(50)57/h6-35H,1-5H3. The first-order valence-electron chi connectivity index (χ1n) is 21.2. The molecule has 9 aromatic carbocycles. The number of nitrogens with zero attached hydrogens (tertiary/aromatic N) is 2. The Morgan fingerprint density at radius 1 is 0.377 bits per heavy atom. The molecule has 2 aliphatic rings. The molecule has 0 unspecified atom stereocenters. The fraction of sp³-hybridized carbons (Fsp3) is 0.107. The van der Waals surface area contributed by atoms with E-state index < -0.39 is 0 Å². The van der Waals surface area contributed by atoms with E-state index in [0.717, 1.165) is 101 Å². The van der Waals surface area contributed by atoms with E-state index in [-0.39, 0.29) is 12.1 Å². The van der Waals surface area contributed by atoms with Crippen LogP contribution in [-0.2, 0) is 5.41 Å². The molecule has 0 saturated carbocycles. The molecule has 0 radical (unpaired) electrons. The molecule has 0 bridgehead atoms. The van der Waals surface area contributed by atoms with Crippen molar-refractivity contribution in [3.63, 3.8) is 0 Å². The van der Waals surface area contributed by atoms with Gasteiger partial charge in [0.15, 0.2) is 0 Å². The number of hydrogen-bond acceptors (Lipinski definition) is 4. The molecule has 0 amide bonds. The summed E-state index contributed by atoms with van der Waals surface area (Å²) in [7, 11) is 0. The van der Waals surface area contributed by atoms with Crippen LogP contribution in [0.25, 0.3) is 21.5 Å². The van der Waals surface area contributed by atoms with Crippen molar-refractivity contribution >= 4 is 78.8 Å². The van der Waals surface area contributed by atoms with Gasteiger partial charge < -0.3 is 19.3 Å². The van der Waals surface area contributed by atoms with Gasteiger partial charge in [-0.05, 0) is 107 Å². The molecule has 0 atom stereocenters. The predicted molar refractivity (Wildman–Crippen MR) is 257 cm³/mol. The lowest BCUT2D eigenvalue weighted by Gasteiger charge is -2.38. The first-order valence-corrected chi connectivity index (χ1v) is 21.2. The zero-order valence-corrected chi connectivity index (χ0v) is 35.1. The lowest BCUT2D eigenvalue weighted by Crippen LogP contribution is -2.58. The van der Waals surface area contributed by atoms with Gasteiger partial charge in [0, 0.05) is 51.1 Å². The maximum Gasteiger partial charge on any atom is 0.262 e. The smallest absolute Gasteiger partial charge is 0.262 e. The number of fused-ring (bicyclic) bond motifs is 8. The van der Waals surface area contributed by atoms with E-state index in [1.807, 2.05) is 0 Å². The molecule has 0 spiro atoms. The van der Waals surface area contributed by atoms with E-state index in [9.17, 15) is 0 Å². The fourth-order valence-corrected chi connectivity index (χ4v) is 9.40. The van der Waals surface area contributed by atoms with Crippen LogP contribution in [0.4, 0.5) is 34.1 Å². The second kappa shape index (κ2) is 14.2. The molecule has 9 aromatic rings. The molecule has 0 N–H and O–H groups in total. The third kappa shape index (κ3) is 6.14. The minimum atomic E-state index is -0.168. The lowest BCUT2D eigenvalue weighted by atomic mass is 9.33. The number of hydrogen-bond donors (Lipinski definition) is 0. The van der Waals surface area contributed by atoms with Crippen LogP contribution < -0.4 is 35.7 Å². The first kappa shape index (κ1) is 36.8. The summed E-state index contributed by atoms with van der Waals surface area (Å²) in [6, 6.07) is 65.6. The highest BCUT2D eigenvalue weighted by atomic mass is 16.5. The van der Waals surface area contributed by atoms with Crippen molar-refractivity contribution in [2.75, 3.05) is 9.80 Å². The highest BCUT2D eigenvalue weighted by Gasteiger charge is 2.44. The Labute approximate surface area is 358 Å². The van der Waals surface area contributed by atoms with Crippen LogP contribution in [0.2, 0.25) is 0 Å². The third-order valence-corrected chi connectivity index (χ3v) is 12.4. The summed E-state index contributed by atoms with van der Waals surface area (Å²) in [5, 5.41) is 4.59. The van der Waals surface area contributed by atoms with E-state index in [1.54, 1.807) is 0 Å². The van der Waals surface area contributed by atoms with Gasteiger partial charge in [0.1, 0.15) is 23.0 Å². The molecular formula is C56H45BN2O2. The molecular weight excluding hydrogens is 743 g/mol. The first-order chi connectivity index (χ1) is 29.7. The van der Waals surface area contributed by atoms with Gasteiger partial charge in [-0.2, -0.15) is 0 Å². The zero-order chi connectivity index (χ0) is 41.4. The molecule has 0 aliphatic carbocycles. The Hall–Kier alpha value is -7.24. The van der Waals surface area contributed by atoms with Crippen LogP contribution >= 0.6 is 0 Å². The van der Waals surface area contributed by atoms with E-state index in [2.05, 4.69) is 226 Å². The molecule has 294 valence electrons. The molecule has 5 heteroatoms. The molecule has 0 aromatic heterocycles. The van der Waals surface area contributed by atoms with Crippen molar-refractivity contribution < 1.29 is 9.47 Å². The molecule has 0 fully saturated rings. The van der Waals surface area contributed by atoms with Gasteiger partial charge in [0.25, 0.3) is 6.71 Å². The summed E-state index contributed by atoms with van der Waals surface area (Å²) in [5.41, 5.74) is 13.3.